The lowest BCUT2D eigenvalue weighted by Crippen LogP contribution is -2.45. The normalized spacial score (nSPS) is 15.5. The van der Waals surface area contributed by atoms with Crippen molar-refractivity contribution in [3.63, 3.8) is 0 Å². The molecule has 0 spiro atoms. The summed E-state index contributed by atoms with van der Waals surface area (Å²) in [7, 11) is 1.28. The molecule has 0 aromatic heterocycles. The van der Waals surface area contributed by atoms with E-state index in [1.54, 1.807) is 6.07 Å². The van der Waals surface area contributed by atoms with Crippen molar-refractivity contribution in [2.45, 2.75) is 12.5 Å². The van der Waals surface area contributed by atoms with Gasteiger partial charge in [-0.05, 0) is 47.9 Å². The Labute approximate surface area is 169 Å². The van der Waals surface area contributed by atoms with Crippen LogP contribution >= 0.6 is 27.5 Å². The summed E-state index contributed by atoms with van der Waals surface area (Å²) in [5, 5.41) is 12.4. The number of hydrogen-bond acceptors (Lipinski definition) is 4. The van der Waals surface area contributed by atoms with Crippen LogP contribution in [0.25, 0.3) is 0 Å². The van der Waals surface area contributed by atoms with Gasteiger partial charge in [-0.15, -0.1) is 0 Å². The van der Waals surface area contributed by atoms with Gasteiger partial charge < -0.3 is 10.1 Å². The molecule has 0 saturated heterocycles. The first-order valence-electron chi connectivity index (χ1n) is 8.08. The van der Waals surface area contributed by atoms with Crippen LogP contribution in [0.5, 0.6) is 0 Å². The van der Waals surface area contributed by atoms with Gasteiger partial charge in [-0.3, -0.25) is 9.69 Å². The van der Waals surface area contributed by atoms with Crippen LogP contribution in [0, 0.1) is 11.3 Å². The first-order chi connectivity index (χ1) is 12.9. The highest BCUT2D eigenvalue weighted by Gasteiger charge is 2.37. The van der Waals surface area contributed by atoms with E-state index in [0.29, 0.717) is 29.2 Å². The van der Waals surface area contributed by atoms with Gasteiger partial charge in [0, 0.05) is 16.0 Å². The van der Waals surface area contributed by atoms with Gasteiger partial charge in [0.1, 0.15) is 12.1 Å². The van der Waals surface area contributed by atoms with E-state index in [9.17, 15) is 14.9 Å². The zero-order chi connectivity index (χ0) is 19.6. The Morgan fingerprint density at radius 1 is 1.33 bits per heavy atom. The molecule has 8 heteroatoms. The van der Waals surface area contributed by atoms with Gasteiger partial charge in [-0.1, -0.05) is 33.6 Å². The zero-order valence-electron chi connectivity index (χ0n) is 14.3. The number of methoxy groups -OCH3 is 1. The molecule has 1 atom stereocenters. The Morgan fingerprint density at radius 3 is 2.81 bits per heavy atom. The summed E-state index contributed by atoms with van der Waals surface area (Å²) < 4.78 is 5.65. The van der Waals surface area contributed by atoms with Crippen LogP contribution in [0.15, 0.2) is 40.9 Å². The minimum absolute atomic E-state index is 0.280. The molecular weight excluding hydrogens is 434 g/mol. The van der Waals surface area contributed by atoms with Gasteiger partial charge in [0.25, 0.3) is 5.91 Å². The van der Waals surface area contributed by atoms with Crippen LogP contribution < -0.4 is 5.32 Å². The van der Waals surface area contributed by atoms with Crippen molar-refractivity contribution in [3.8, 4) is 6.07 Å². The van der Waals surface area contributed by atoms with E-state index in [1.807, 2.05) is 24.3 Å². The number of fused-ring (bicyclic) bond motifs is 1. The lowest BCUT2D eigenvalue weighted by atomic mass is 9.92. The second kappa shape index (κ2) is 7.99. The van der Waals surface area contributed by atoms with Crippen molar-refractivity contribution >= 4 is 45.2 Å². The van der Waals surface area contributed by atoms with E-state index in [1.165, 1.54) is 24.1 Å². The van der Waals surface area contributed by atoms with Gasteiger partial charge in [0.05, 0.1) is 18.4 Å². The zero-order valence-corrected chi connectivity index (χ0v) is 16.7. The number of hydrogen-bond donors (Lipinski definition) is 1. The Kier molecular flexibility index (Phi) is 5.68. The predicted octanol–water partition coefficient (Wildman–Crippen LogP) is 4.28. The highest BCUT2D eigenvalue weighted by molar-refractivity contribution is 9.10. The third-order valence-corrected chi connectivity index (χ3v) is 5.08. The number of carbonyl (C=O) groups excluding carboxylic acids is 2. The van der Waals surface area contributed by atoms with Crippen LogP contribution in [0.2, 0.25) is 5.02 Å². The molecule has 0 radical (unpaired) electrons. The lowest BCUT2D eigenvalue weighted by molar-refractivity contribution is -0.121. The highest BCUT2D eigenvalue weighted by Crippen LogP contribution is 2.34. The summed E-state index contributed by atoms with van der Waals surface area (Å²) >= 11 is 9.41. The van der Waals surface area contributed by atoms with Crippen LogP contribution in [-0.2, 0) is 16.0 Å². The monoisotopic (exact) mass is 447 g/mol. The summed E-state index contributed by atoms with van der Waals surface area (Å²) in [6.45, 7) is 0.347. The smallest absolute Gasteiger partial charge is 0.410 e. The van der Waals surface area contributed by atoms with Gasteiger partial charge in [0.15, 0.2) is 0 Å². The van der Waals surface area contributed by atoms with Crippen molar-refractivity contribution in [3.05, 3.63) is 62.6 Å². The molecule has 2 amide bonds. The molecule has 27 heavy (non-hydrogen) atoms. The highest BCUT2D eigenvalue weighted by atomic mass is 79.9. The summed E-state index contributed by atoms with van der Waals surface area (Å²) in [6.07, 6.45) is 0.0228. The van der Waals surface area contributed by atoms with Crippen LogP contribution in [0.3, 0.4) is 0 Å². The summed E-state index contributed by atoms with van der Waals surface area (Å²) in [4.78, 5) is 26.7. The summed E-state index contributed by atoms with van der Waals surface area (Å²) in [5.74, 6) is -0.446. The second-order valence-electron chi connectivity index (χ2n) is 5.95. The SMILES string of the molecule is COC(=O)N1CCc2ccc(Br)cc2C1C(=O)Nc1cc(Cl)ccc1C#N. The van der Waals surface area contributed by atoms with E-state index in [4.69, 9.17) is 16.3 Å². The number of halogens is 2. The first-order valence-corrected chi connectivity index (χ1v) is 9.25. The molecule has 0 fully saturated rings. The average molecular weight is 449 g/mol. The van der Waals surface area contributed by atoms with E-state index in [-0.39, 0.29) is 5.56 Å². The van der Waals surface area contributed by atoms with Gasteiger partial charge in [-0.2, -0.15) is 5.26 Å². The Hall–Kier alpha value is -2.56. The van der Waals surface area contributed by atoms with Crippen LogP contribution in [-0.4, -0.2) is 30.6 Å². The fraction of sp³-hybridized carbons (Fsp3) is 0.211. The molecule has 1 heterocycles. The molecule has 1 aliphatic heterocycles. The van der Waals surface area contributed by atoms with E-state index < -0.39 is 18.0 Å². The molecule has 138 valence electrons. The maximum absolute atomic E-state index is 13.1. The number of anilines is 1. The quantitative estimate of drug-likeness (QED) is 0.743. The second-order valence-corrected chi connectivity index (χ2v) is 7.30. The van der Waals surface area contributed by atoms with Crippen LogP contribution in [0.1, 0.15) is 22.7 Å². The van der Waals surface area contributed by atoms with Gasteiger partial charge in [-0.25, -0.2) is 4.79 Å². The first kappa shape index (κ1) is 19.2. The standard InChI is InChI=1S/C19H15BrClN3O3/c1-27-19(26)24-7-6-11-2-4-13(20)8-15(11)17(24)18(25)23-16-9-14(21)5-3-12(16)10-22/h2-5,8-9,17H,6-7H2,1H3,(H,23,25). The largest absolute Gasteiger partial charge is 0.453 e. The van der Waals surface area contributed by atoms with E-state index in [2.05, 4.69) is 21.2 Å². The summed E-state index contributed by atoms with van der Waals surface area (Å²) in [5.41, 5.74) is 2.26. The Morgan fingerprint density at radius 2 is 2.11 bits per heavy atom. The number of amides is 2. The molecule has 2 aromatic rings. The number of nitrogens with zero attached hydrogens (tertiary/aromatic N) is 2. The summed E-state index contributed by atoms with van der Waals surface area (Å²) in [6, 6.07) is 11.4. The molecule has 1 unspecified atom stereocenters. The van der Waals surface area contributed by atoms with Crippen molar-refractivity contribution < 1.29 is 14.3 Å². The molecule has 6 nitrogen and oxygen atoms in total. The average Bonchev–Trinajstić information content (AvgIpc) is 2.66. The fourth-order valence-electron chi connectivity index (χ4n) is 3.10. The third kappa shape index (κ3) is 3.92. The third-order valence-electron chi connectivity index (χ3n) is 4.35. The van der Waals surface area contributed by atoms with Crippen molar-refractivity contribution in [2.75, 3.05) is 19.0 Å². The van der Waals surface area contributed by atoms with E-state index >= 15 is 0 Å². The maximum atomic E-state index is 13.1. The minimum Gasteiger partial charge on any atom is -0.453 e. The minimum atomic E-state index is -0.885. The molecule has 0 aliphatic carbocycles. The van der Waals surface area contributed by atoms with E-state index in [0.717, 1.165) is 10.0 Å². The molecule has 3 rings (SSSR count). The number of benzene rings is 2. The number of nitrogens with one attached hydrogen (secondary N) is 1. The maximum Gasteiger partial charge on any atom is 0.410 e. The molecule has 0 bridgehead atoms. The number of rotatable bonds is 2. The molecule has 1 N–H and O–H groups in total. The number of nitriles is 1. The van der Waals surface area contributed by atoms with Gasteiger partial charge in [0.2, 0.25) is 0 Å². The Balaban J connectivity index is 2.02. The van der Waals surface area contributed by atoms with Crippen molar-refractivity contribution in [1.82, 2.24) is 4.90 Å². The number of ether oxygens (including phenoxy) is 1. The Bertz CT molecular complexity index is 958. The molecule has 0 saturated carbocycles. The van der Waals surface area contributed by atoms with Crippen LogP contribution in [0.4, 0.5) is 10.5 Å². The topological polar surface area (TPSA) is 82.4 Å². The van der Waals surface area contributed by atoms with Gasteiger partial charge >= 0.3 is 6.09 Å². The van der Waals surface area contributed by atoms with Crippen molar-refractivity contribution in [1.29, 1.82) is 5.26 Å². The molecule has 1 aliphatic rings. The lowest BCUT2D eigenvalue weighted by Gasteiger charge is -2.35. The fourth-order valence-corrected chi connectivity index (χ4v) is 3.65. The number of carbonyl (C=O) groups is 2. The molecule has 2 aromatic carbocycles. The van der Waals surface area contributed by atoms with Crippen molar-refractivity contribution in [2.24, 2.45) is 0 Å². The predicted molar refractivity (Wildman–Crippen MR) is 104 cm³/mol. The molecular formula is C19H15BrClN3O3.